The molecule has 2 saturated heterocycles. The first-order valence-electron chi connectivity index (χ1n) is 8.62. The van der Waals surface area contributed by atoms with E-state index in [-0.39, 0.29) is 42.4 Å². The first-order chi connectivity index (χ1) is 11.6. The van der Waals surface area contributed by atoms with Crippen LogP contribution in [-0.4, -0.2) is 43.7 Å². The molecule has 2 fully saturated rings. The first kappa shape index (κ1) is 19.7. The maximum atomic E-state index is 12.4. The summed E-state index contributed by atoms with van der Waals surface area (Å²) >= 11 is 0. The van der Waals surface area contributed by atoms with E-state index in [1.807, 2.05) is 43.0 Å². The molecule has 2 N–H and O–H groups in total. The van der Waals surface area contributed by atoms with Crippen molar-refractivity contribution in [3.05, 3.63) is 29.8 Å². The van der Waals surface area contributed by atoms with Gasteiger partial charge in [-0.2, -0.15) is 0 Å². The normalized spacial score (nSPS) is 24.6. The third-order valence-electron chi connectivity index (χ3n) is 4.74. The third kappa shape index (κ3) is 4.51. The molecule has 0 spiro atoms. The summed E-state index contributed by atoms with van der Waals surface area (Å²) in [6.07, 6.45) is 1.42. The quantitative estimate of drug-likeness (QED) is 0.851. The number of morpholine rings is 1. The predicted octanol–water partition coefficient (Wildman–Crippen LogP) is 1.79. The van der Waals surface area contributed by atoms with Gasteiger partial charge in [0.15, 0.2) is 0 Å². The summed E-state index contributed by atoms with van der Waals surface area (Å²) in [5.74, 6) is 0.134. The molecular formula is C18H26ClN3O3. The molecule has 2 heterocycles. The van der Waals surface area contributed by atoms with Crippen molar-refractivity contribution >= 4 is 29.9 Å². The fourth-order valence-corrected chi connectivity index (χ4v) is 3.28. The van der Waals surface area contributed by atoms with Crippen LogP contribution < -0.4 is 15.5 Å². The Bertz CT molecular complexity index is 608. The van der Waals surface area contributed by atoms with Crippen LogP contribution in [0, 0.1) is 0 Å². The van der Waals surface area contributed by atoms with Gasteiger partial charge in [-0.1, -0.05) is 12.1 Å². The van der Waals surface area contributed by atoms with Crippen LogP contribution in [0.5, 0.6) is 0 Å². The van der Waals surface area contributed by atoms with Gasteiger partial charge < -0.3 is 20.3 Å². The van der Waals surface area contributed by atoms with Crippen molar-refractivity contribution in [2.75, 3.05) is 24.6 Å². The molecule has 3 rings (SSSR count). The highest BCUT2D eigenvalue weighted by atomic mass is 35.5. The lowest BCUT2D eigenvalue weighted by molar-refractivity contribution is -0.129. The number of carbonyl (C=O) groups excluding carboxylic acids is 2. The van der Waals surface area contributed by atoms with Crippen LogP contribution in [0.4, 0.5) is 5.69 Å². The van der Waals surface area contributed by atoms with E-state index in [1.54, 1.807) is 0 Å². The number of nitrogens with zero attached hydrogens (tertiary/aromatic N) is 1. The maximum absolute atomic E-state index is 12.4. The molecule has 2 aliphatic heterocycles. The molecule has 1 unspecified atom stereocenters. The number of halogens is 1. The lowest BCUT2D eigenvalue weighted by Gasteiger charge is -2.30. The molecule has 7 heteroatoms. The van der Waals surface area contributed by atoms with E-state index in [2.05, 4.69) is 10.6 Å². The van der Waals surface area contributed by atoms with Crippen molar-refractivity contribution in [3.63, 3.8) is 0 Å². The Kier molecular flexibility index (Phi) is 6.81. The van der Waals surface area contributed by atoms with Crippen LogP contribution in [0.3, 0.4) is 0 Å². The number of anilines is 1. The number of hydrogen-bond donors (Lipinski definition) is 2. The second kappa shape index (κ2) is 8.65. The molecule has 0 aliphatic carbocycles. The Morgan fingerprint density at radius 3 is 2.68 bits per heavy atom. The van der Waals surface area contributed by atoms with Gasteiger partial charge in [0.05, 0.1) is 18.8 Å². The fourth-order valence-electron chi connectivity index (χ4n) is 3.28. The molecular weight excluding hydrogens is 342 g/mol. The van der Waals surface area contributed by atoms with Gasteiger partial charge in [-0.15, -0.1) is 12.4 Å². The summed E-state index contributed by atoms with van der Waals surface area (Å²) in [4.78, 5) is 26.0. The average Bonchev–Trinajstić information content (AvgIpc) is 3.01. The van der Waals surface area contributed by atoms with Crippen molar-refractivity contribution in [2.24, 2.45) is 0 Å². The van der Waals surface area contributed by atoms with Crippen LogP contribution in [0.2, 0.25) is 0 Å². The van der Waals surface area contributed by atoms with Gasteiger partial charge in [0.2, 0.25) is 11.8 Å². The molecule has 1 aromatic carbocycles. The van der Waals surface area contributed by atoms with Gasteiger partial charge in [0, 0.05) is 25.2 Å². The molecule has 25 heavy (non-hydrogen) atoms. The minimum absolute atomic E-state index is 0. The zero-order valence-electron chi connectivity index (χ0n) is 14.7. The van der Waals surface area contributed by atoms with Crippen molar-refractivity contribution < 1.29 is 14.3 Å². The molecule has 6 nitrogen and oxygen atoms in total. The number of hydrogen-bond acceptors (Lipinski definition) is 4. The highest BCUT2D eigenvalue weighted by molar-refractivity contribution is 5.95. The number of carbonyl (C=O) groups is 2. The zero-order chi connectivity index (χ0) is 17.1. The predicted molar refractivity (Wildman–Crippen MR) is 99.0 cm³/mol. The SMILES string of the molecule is CC(NC(=O)[C@H]1NCCO[C@@H]1C)c1ccc(N2CCCC2=O)cc1.Cl. The van der Waals surface area contributed by atoms with Gasteiger partial charge in [-0.25, -0.2) is 0 Å². The van der Waals surface area contributed by atoms with Gasteiger partial charge >= 0.3 is 0 Å². The third-order valence-corrected chi connectivity index (χ3v) is 4.74. The fraction of sp³-hybridized carbons (Fsp3) is 0.556. The first-order valence-corrected chi connectivity index (χ1v) is 8.62. The molecule has 1 aromatic rings. The second-order valence-electron chi connectivity index (χ2n) is 6.48. The highest BCUT2D eigenvalue weighted by Gasteiger charge is 2.29. The zero-order valence-corrected chi connectivity index (χ0v) is 15.5. The van der Waals surface area contributed by atoms with Crippen molar-refractivity contribution in [2.45, 2.75) is 44.9 Å². The van der Waals surface area contributed by atoms with Gasteiger partial charge in [-0.3, -0.25) is 9.59 Å². The largest absolute Gasteiger partial charge is 0.375 e. The van der Waals surface area contributed by atoms with Crippen LogP contribution in [0.15, 0.2) is 24.3 Å². The number of nitrogens with one attached hydrogen (secondary N) is 2. The van der Waals surface area contributed by atoms with Gasteiger partial charge in [0.1, 0.15) is 6.04 Å². The van der Waals surface area contributed by atoms with Crippen LogP contribution >= 0.6 is 12.4 Å². The Labute approximate surface area is 154 Å². The van der Waals surface area contributed by atoms with E-state index < -0.39 is 0 Å². The van der Waals surface area contributed by atoms with Crippen molar-refractivity contribution in [1.29, 1.82) is 0 Å². The van der Waals surface area contributed by atoms with Crippen LogP contribution in [-0.2, 0) is 14.3 Å². The van der Waals surface area contributed by atoms with Gasteiger partial charge in [-0.05, 0) is 38.0 Å². The summed E-state index contributed by atoms with van der Waals surface area (Å²) in [6, 6.07) is 7.43. The molecule has 0 saturated carbocycles. The van der Waals surface area contributed by atoms with E-state index in [1.165, 1.54) is 0 Å². The number of rotatable bonds is 4. The standard InChI is InChI=1S/C18H25N3O3.ClH/c1-12(20-18(23)17-13(2)24-11-9-19-17)14-5-7-15(8-6-14)21-10-3-4-16(21)22;/h5-8,12-13,17,19H,3-4,9-11H2,1-2H3,(H,20,23);1H/t12?,13-,17+;/m1./s1. The minimum Gasteiger partial charge on any atom is -0.375 e. The lowest BCUT2D eigenvalue weighted by Crippen LogP contribution is -2.55. The Morgan fingerprint density at radius 2 is 2.08 bits per heavy atom. The number of amides is 2. The summed E-state index contributed by atoms with van der Waals surface area (Å²) in [6.45, 7) is 5.98. The molecule has 2 aliphatic rings. The average molecular weight is 368 g/mol. The Balaban J connectivity index is 0.00000225. The van der Waals surface area contributed by atoms with Crippen LogP contribution in [0.1, 0.15) is 38.3 Å². The van der Waals surface area contributed by atoms with E-state index in [0.717, 1.165) is 24.2 Å². The van der Waals surface area contributed by atoms with Crippen LogP contribution in [0.25, 0.3) is 0 Å². The molecule has 0 aromatic heterocycles. The van der Waals surface area contributed by atoms with Crippen molar-refractivity contribution in [3.8, 4) is 0 Å². The lowest BCUT2D eigenvalue weighted by atomic mass is 10.1. The van der Waals surface area contributed by atoms with Crippen molar-refractivity contribution in [1.82, 2.24) is 10.6 Å². The Hall–Kier alpha value is -1.63. The number of benzene rings is 1. The topological polar surface area (TPSA) is 70.7 Å². The summed E-state index contributed by atoms with van der Waals surface area (Å²) in [5.41, 5.74) is 1.94. The maximum Gasteiger partial charge on any atom is 0.240 e. The van der Waals surface area contributed by atoms with E-state index in [9.17, 15) is 9.59 Å². The minimum atomic E-state index is -0.317. The molecule has 3 atom stereocenters. The molecule has 0 bridgehead atoms. The van der Waals surface area contributed by atoms with E-state index in [4.69, 9.17) is 4.74 Å². The summed E-state index contributed by atoms with van der Waals surface area (Å²) in [5, 5.41) is 6.23. The second-order valence-corrected chi connectivity index (χ2v) is 6.48. The number of ether oxygens (including phenoxy) is 1. The monoisotopic (exact) mass is 367 g/mol. The molecule has 138 valence electrons. The van der Waals surface area contributed by atoms with Gasteiger partial charge in [0.25, 0.3) is 0 Å². The van der Waals surface area contributed by atoms with E-state index >= 15 is 0 Å². The molecule has 0 radical (unpaired) electrons. The smallest absolute Gasteiger partial charge is 0.240 e. The highest BCUT2D eigenvalue weighted by Crippen LogP contribution is 2.23. The summed E-state index contributed by atoms with van der Waals surface area (Å²) < 4.78 is 5.52. The molecule has 2 amide bonds. The van der Waals surface area contributed by atoms with E-state index in [0.29, 0.717) is 19.6 Å². The summed E-state index contributed by atoms with van der Waals surface area (Å²) in [7, 11) is 0. The Morgan fingerprint density at radius 1 is 1.36 bits per heavy atom.